The third kappa shape index (κ3) is 2.58. The summed E-state index contributed by atoms with van der Waals surface area (Å²) in [4.78, 5) is 10.1. The lowest BCUT2D eigenvalue weighted by molar-refractivity contribution is -0.384. The number of hydrogen-bond donors (Lipinski definition) is 2. The molecule has 0 spiro atoms. The summed E-state index contributed by atoms with van der Waals surface area (Å²) in [7, 11) is 0. The lowest BCUT2D eigenvalue weighted by Crippen LogP contribution is -2.10. The fourth-order valence-electron chi connectivity index (χ4n) is 1.21. The highest BCUT2D eigenvalue weighted by molar-refractivity contribution is 5.81. The van der Waals surface area contributed by atoms with Gasteiger partial charge in [0.05, 0.1) is 11.1 Å². The number of nitrogens with zero attached hydrogens (tertiary/aromatic N) is 5. The van der Waals surface area contributed by atoms with Crippen LogP contribution in [0.3, 0.4) is 0 Å². The summed E-state index contributed by atoms with van der Waals surface area (Å²) < 4.78 is 1.16. The van der Waals surface area contributed by atoms with E-state index in [4.69, 9.17) is 5.84 Å². The Morgan fingerprint density at radius 2 is 2.39 bits per heavy atom. The molecule has 9 nitrogen and oxygen atoms in total. The van der Waals surface area contributed by atoms with E-state index in [2.05, 4.69) is 20.7 Å². The molecule has 0 bridgehead atoms. The predicted octanol–water partition coefficient (Wildman–Crippen LogP) is 0.346. The standard InChI is InChI=1S/C9H9N7O2/c10-15-6-12-14-9(15)13-11-5-7-2-1-3-8(4-7)16(17)18/h1-6H,10H2,(H,13,14). The molecule has 3 N–H and O–H groups in total. The molecule has 1 aromatic carbocycles. The maximum atomic E-state index is 10.6. The average molecular weight is 247 g/mol. The van der Waals surface area contributed by atoms with E-state index in [-0.39, 0.29) is 11.6 Å². The first kappa shape index (κ1) is 11.5. The van der Waals surface area contributed by atoms with Gasteiger partial charge in [-0.15, -0.1) is 10.2 Å². The van der Waals surface area contributed by atoms with Crippen LogP contribution in [0, 0.1) is 10.1 Å². The van der Waals surface area contributed by atoms with Gasteiger partial charge in [-0.2, -0.15) is 5.10 Å². The second-order valence-electron chi connectivity index (χ2n) is 3.28. The van der Waals surface area contributed by atoms with Crippen molar-refractivity contribution in [2.24, 2.45) is 5.10 Å². The maximum absolute atomic E-state index is 10.6. The van der Waals surface area contributed by atoms with Gasteiger partial charge in [0.25, 0.3) is 11.6 Å². The van der Waals surface area contributed by atoms with Crippen molar-refractivity contribution in [3.8, 4) is 0 Å². The van der Waals surface area contributed by atoms with Crippen molar-refractivity contribution in [2.75, 3.05) is 11.3 Å². The number of anilines is 1. The second-order valence-corrected chi connectivity index (χ2v) is 3.28. The molecular weight excluding hydrogens is 238 g/mol. The Morgan fingerprint density at radius 3 is 3.06 bits per heavy atom. The zero-order chi connectivity index (χ0) is 13.0. The SMILES string of the molecule is Nn1cnnc1NN=Cc1cccc([N+](=O)[O-])c1. The average Bonchev–Trinajstić information content (AvgIpc) is 2.76. The summed E-state index contributed by atoms with van der Waals surface area (Å²) in [6.45, 7) is 0. The minimum Gasteiger partial charge on any atom is -0.335 e. The smallest absolute Gasteiger partial charge is 0.270 e. The van der Waals surface area contributed by atoms with Gasteiger partial charge in [-0.3, -0.25) is 10.1 Å². The number of hydrogen-bond acceptors (Lipinski definition) is 7. The Kier molecular flexibility index (Phi) is 3.14. The van der Waals surface area contributed by atoms with Crippen LogP contribution in [-0.2, 0) is 0 Å². The minimum atomic E-state index is -0.471. The molecule has 92 valence electrons. The Labute approximate surface area is 101 Å². The molecule has 0 saturated carbocycles. The largest absolute Gasteiger partial charge is 0.335 e. The molecule has 0 fully saturated rings. The number of nitrogens with two attached hydrogens (primary N) is 1. The zero-order valence-electron chi connectivity index (χ0n) is 9.09. The summed E-state index contributed by atoms with van der Waals surface area (Å²) >= 11 is 0. The molecule has 2 rings (SSSR count). The number of hydrazone groups is 1. The monoisotopic (exact) mass is 247 g/mol. The first-order valence-corrected chi connectivity index (χ1v) is 4.85. The molecule has 1 aromatic heterocycles. The molecule has 0 amide bonds. The van der Waals surface area contributed by atoms with Crippen LogP contribution in [-0.4, -0.2) is 26.0 Å². The van der Waals surface area contributed by atoms with Crippen LogP contribution in [0.5, 0.6) is 0 Å². The predicted molar refractivity (Wildman–Crippen MR) is 64.5 cm³/mol. The first-order valence-electron chi connectivity index (χ1n) is 4.85. The van der Waals surface area contributed by atoms with Crippen molar-refractivity contribution in [3.05, 3.63) is 46.3 Å². The maximum Gasteiger partial charge on any atom is 0.270 e. The Balaban J connectivity index is 2.07. The van der Waals surface area contributed by atoms with Crippen molar-refractivity contribution in [1.29, 1.82) is 0 Å². The molecule has 0 unspecified atom stereocenters. The Hall–Kier alpha value is -2.97. The van der Waals surface area contributed by atoms with Gasteiger partial charge in [-0.25, -0.2) is 10.1 Å². The van der Waals surface area contributed by atoms with E-state index in [0.29, 0.717) is 5.56 Å². The second kappa shape index (κ2) is 4.91. The van der Waals surface area contributed by atoms with Gasteiger partial charge in [0.2, 0.25) is 0 Å². The van der Waals surface area contributed by atoms with E-state index < -0.39 is 4.92 Å². The third-order valence-electron chi connectivity index (χ3n) is 2.03. The highest BCUT2D eigenvalue weighted by Gasteiger charge is 2.04. The summed E-state index contributed by atoms with van der Waals surface area (Å²) in [5.74, 6) is 5.71. The fraction of sp³-hybridized carbons (Fsp3) is 0. The lowest BCUT2D eigenvalue weighted by atomic mass is 10.2. The molecule has 0 aliphatic rings. The highest BCUT2D eigenvalue weighted by Crippen LogP contribution is 2.11. The first-order chi connectivity index (χ1) is 8.66. The summed E-state index contributed by atoms with van der Waals surface area (Å²) in [5.41, 5.74) is 3.14. The number of aromatic nitrogens is 3. The molecular formula is C9H9N7O2. The summed E-state index contributed by atoms with van der Waals surface area (Å²) in [5, 5.41) is 21.6. The van der Waals surface area contributed by atoms with E-state index in [1.165, 1.54) is 24.7 Å². The van der Waals surface area contributed by atoms with Crippen molar-refractivity contribution in [3.63, 3.8) is 0 Å². The quantitative estimate of drug-likeness (QED) is 0.347. The minimum absolute atomic E-state index is 0.000872. The molecule has 9 heteroatoms. The van der Waals surface area contributed by atoms with E-state index in [0.717, 1.165) is 4.68 Å². The fourth-order valence-corrected chi connectivity index (χ4v) is 1.21. The molecule has 18 heavy (non-hydrogen) atoms. The summed E-state index contributed by atoms with van der Waals surface area (Å²) in [6, 6.07) is 6.07. The van der Waals surface area contributed by atoms with E-state index in [1.54, 1.807) is 12.1 Å². The van der Waals surface area contributed by atoms with Crippen LogP contribution in [0.1, 0.15) is 5.56 Å². The van der Waals surface area contributed by atoms with E-state index in [9.17, 15) is 10.1 Å². The number of non-ortho nitro benzene ring substituents is 1. The van der Waals surface area contributed by atoms with Gasteiger partial charge in [0.1, 0.15) is 6.33 Å². The molecule has 0 aliphatic heterocycles. The van der Waals surface area contributed by atoms with Crippen molar-refractivity contribution in [1.82, 2.24) is 14.9 Å². The van der Waals surface area contributed by atoms with Crippen LogP contribution < -0.4 is 11.3 Å². The molecule has 0 radical (unpaired) electrons. The zero-order valence-corrected chi connectivity index (χ0v) is 9.09. The van der Waals surface area contributed by atoms with Gasteiger partial charge in [-0.1, -0.05) is 12.1 Å². The van der Waals surface area contributed by atoms with Crippen LogP contribution in [0.15, 0.2) is 35.7 Å². The van der Waals surface area contributed by atoms with Crippen LogP contribution in [0.4, 0.5) is 11.6 Å². The molecule has 0 aliphatic carbocycles. The topological polar surface area (TPSA) is 124 Å². The number of benzene rings is 1. The van der Waals surface area contributed by atoms with Crippen LogP contribution in [0.2, 0.25) is 0 Å². The third-order valence-corrected chi connectivity index (χ3v) is 2.03. The lowest BCUT2D eigenvalue weighted by Gasteiger charge is -1.97. The number of nitrogens with one attached hydrogen (secondary N) is 1. The Bertz CT molecular complexity index is 592. The van der Waals surface area contributed by atoms with Crippen molar-refractivity contribution >= 4 is 17.9 Å². The van der Waals surface area contributed by atoms with Crippen LogP contribution >= 0.6 is 0 Å². The number of nitro groups is 1. The normalized spacial score (nSPS) is 10.7. The Morgan fingerprint density at radius 1 is 1.56 bits per heavy atom. The van der Waals surface area contributed by atoms with Crippen molar-refractivity contribution < 1.29 is 4.92 Å². The molecule has 2 aromatic rings. The van der Waals surface area contributed by atoms with E-state index in [1.807, 2.05) is 0 Å². The van der Waals surface area contributed by atoms with E-state index >= 15 is 0 Å². The van der Waals surface area contributed by atoms with Gasteiger partial charge in [0.15, 0.2) is 0 Å². The highest BCUT2D eigenvalue weighted by atomic mass is 16.6. The van der Waals surface area contributed by atoms with Crippen LogP contribution in [0.25, 0.3) is 0 Å². The molecule has 0 saturated heterocycles. The van der Waals surface area contributed by atoms with Gasteiger partial charge >= 0.3 is 0 Å². The van der Waals surface area contributed by atoms with Gasteiger partial charge in [0, 0.05) is 17.7 Å². The molecule has 1 heterocycles. The number of nitro benzene ring substituents is 1. The number of rotatable bonds is 4. The summed E-state index contributed by atoms with van der Waals surface area (Å²) in [6.07, 6.45) is 2.73. The number of nitrogen functional groups attached to an aromatic ring is 1. The molecule has 0 atom stereocenters. The van der Waals surface area contributed by atoms with Gasteiger partial charge < -0.3 is 5.84 Å². The van der Waals surface area contributed by atoms with Gasteiger partial charge in [-0.05, 0) is 0 Å². The van der Waals surface area contributed by atoms with Crippen molar-refractivity contribution in [2.45, 2.75) is 0 Å².